The van der Waals surface area contributed by atoms with E-state index in [4.69, 9.17) is 22.1 Å². The van der Waals surface area contributed by atoms with Crippen molar-refractivity contribution in [3.05, 3.63) is 58.1 Å². The molecule has 16 heteroatoms. The Morgan fingerprint density at radius 2 is 1.63 bits per heavy atom. The number of halogens is 4. The lowest BCUT2D eigenvalue weighted by atomic mass is 10.00. The summed E-state index contributed by atoms with van der Waals surface area (Å²) in [5, 5.41) is 12.0. The fraction of sp³-hybridized carbons (Fsp3) is 0.543. The number of nitrogens with two attached hydrogens (primary N) is 1. The summed E-state index contributed by atoms with van der Waals surface area (Å²) in [5.74, 6) is -1.79. The molecule has 0 aromatic heterocycles. The van der Waals surface area contributed by atoms with Gasteiger partial charge in [0.2, 0.25) is 0 Å². The second kappa shape index (κ2) is 15.2. The molecule has 3 fully saturated rings. The number of alkyl halides is 3. The van der Waals surface area contributed by atoms with Gasteiger partial charge in [0.1, 0.15) is 0 Å². The minimum atomic E-state index is -4.80. The molecule has 0 aliphatic carbocycles. The van der Waals surface area contributed by atoms with Gasteiger partial charge in [-0.25, -0.2) is 9.59 Å². The van der Waals surface area contributed by atoms with Gasteiger partial charge in [-0.1, -0.05) is 29.8 Å². The number of ether oxygens (including phenoxy) is 1. The highest BCUT2D eigenvalue weighted by atomic mass is 35.5. The average molecular weight is 735 g/mol. The summed E-state index contributed by atoms with van der Waals surface area (Å²) < 4.78 is 47.2. The zero-order chi connectivity index (χ0) is 36.4. The summed E-state index contributed by atoms with van der Waals surface area (Å²) in [5.41, 5.74) is 5.71. The second-order valence-electron chi connectivity index (χ2n) is 13.7. The van der Waals surface area contributed by atoms with Crippen molar-refractivity contribution < 1.29 is 42.2 Å². The number of likely N-dealkylation sites (tertiary alicyclic amines) is 3. The van der Waals surface area contributed by atoms with Gasteiger partial charge < -0.3 is 35.6 Å². The van der Waals surface area contributed by atoms with E-state index in [1.165, 1.54) is 11.0 Å². The molecule has 6 rings (SSSR count). The summed E-state index contributed by atoms with van der Waals surface area (Å²) >= 11 is 6.09. The number of piperidine rings is 2. The van der Waals surface area contributed by atoms with Gasteiger partial charge in [-0.05, 0) is 74.4 Å². The molecule has 51 heavy (non-hydrogen) atoms. The largest absolute Gasteiger partial charge is 0.481 e. The fourth-order valence-electron chi connectivity index (χ4n) is 7.69. The summed E-state index contributed by atoms with van der Waals surface area (Å²) in [6.07, 6.45) is -4.01. The molecule has 2 aromatic carbocycles. The first-order chi connectivity index (χ1) is 24.3. The SMILES string of the molecule is Nc1c(Cl)cc(C[C@@H](OC(=O)N2CCC(N3CCc4ccccc4NC3=O)CC2)C(=O)N2CCC(N3CC[C@@H](C(=O)O)C3)CC2)cc1C(F)(F)F. The van der Waals surface area contributed by atoms with E-state index in [9.17, 15) is 37.5 Å². The van der Waals surface area contributed by atoms with Crippen LogP contribution in [0, 0.1) is 5.92 Å². The number of carbonyl (C=O) groups excluding carboxylic acids is 3. The molecule has 0 spiro atoms. The van der Waals surface area contributed by atoms with E-state index < -0.39 is 47.4 Å². The standard InChI is InChI=1S/C35H42ClF3N6O6/c36-27-18-21(17-26(30(27)40)35(37,38)39)19-29(31(46)42-12-7-24(8-13-42)44-11-5-23(20-44)32(47)48)51-34(50)43-14-9-25(10-15-43)45-16-6-22-3-1-2-4-28(22)41-33(45)49/h1-4,17-18,23-25,29H,5-16,19-20,40H2,(H,41,49)(H,47,48)/t23-,29-/m1/s1. The van der Waals surface area contributed by atoms with Gasteiger partial charge in [-0.3, -0.25) is 14.5 Å². The fourth-order valence-corrected chi connectivity index (χ4v) is 7.93. The first-order valence-corrected chi connectivity index (χ1v) is 17.7. The number of hydrogen-bond donors (Lipinski definition) is 3. The first kappa shape index (κ1) is 36.5. The number of para-hydroxylation sites is 1. The number of anilines is 2. The molecule has 0 unspecified atom stereocenters. The third-order valence-corrected chi connectivity index (χ3v) is 10.9. The Bertz CT molecular complexity index is 1650. The number of amides is 4. The monoisotopic (exact) mass is 734 g/mol. The van der Waals surface area contributed by atoms with E-state index in [0.717, 1.165) is 17.3 Å². The van der Waals surface area contributed by atoms with E-state index in [1.807, 2.05) is 24.3 Å². The van der Waals surface area contributed by atoms with Crippen molar-refractivity contribution in [1.82, 2.24) is 19.6 Å². The molecule has 12 nitrogen and oxygen atoms in total. The zero-order valence-corrected chi connectivity index (χ0v) is 28.8. The lowest BCUT2D eigenvalue weighted by molar-refractivity contribution is -0.142. The third-order valence-electron chi connectivity index (χ3n) is 10.6. The van der Waals surface area contributed by atoms with Crippen LogP contribution in [0.1, 0.15) is 48.8 Å². The number of carboxylic acid groups (broad SMARTS) is 1. The summed E-state index contributed by atoms with van der Waals surface area (Å²) in [4.78, 5) is 58.9. The van der Waals surface area contributed by atoms with Gasteiger partial charge in [0, 0.05) is 63.5 Å². The number of rotatable bonds is 7. The molecule has 4 aliphatic rings. The Labute approximate surface area is 298 Å². The molecule has 4 N–H and O–H groups in total. The van der Waals surface area contributed by atoms with E-state index >= 15 is 0 Å². The number of benzene rings is 2. The molecule has 0 radical (unpaired) electrons. The highest BCUT2D eigenvalue weighted by Gasteiger charge is 2.39. The lowest BCUT2D eigenvalue weighted by Gasteiger charge is -2.39. The van der Waals surface area contributed by atoms with Crippen LogP contribution in [0.5, 0.6) is 0 Å². The maximum Gasteiger partial charge on any atom is 0.418 e. The van der Waals surface area contributed by atoms with Crippen molar-refractivity contribution in [2.75, 3.05) is 56.9 Å². The summed E-state index contributed by atoms with van der Waals surface area (Å²) in [6, 6.07) is 9.45. The normalized spacial score (nSPS) is 21.5. The van der Waals surface area contributed by atoms with Crippen molar-refractivity contribution >= 4 is 47.0 Å². The van der Waals surface area contributed by atoms with Crippen LogP contribution >= 0.6 is 11.6 Å². The van der Waals surface area contributed by atoms with Crippen molar-refractivity contribution in [1.29, 1.82) is 0 Å². The number of nitrogens with zero attached hydrogens (tertiary/aromatic N) is 4. The van der Waals surface area contributed by atoms with E-state index in [1.54, 1.807) is 9.80 Å². The molecule has 4 aliphatic heterocycles. The lowest BCUT2D eigenvalue weighted by Crippen LogP contribution is -2.52. The van der Waals surface area contributed by atoms with Crippen LogP contribution in [0.4, 0.5) is 34.1 Å². The topological polar surface area (TPSA) is 149 Å². The molecule has 2 atom stereocenters. The Hall–Kier alpha value is -4.24. The van der Waals surface area contributed by atoms with Gasteiger partial charge in [0.25, 0.3) is 5.91 Å². The predicted octanol–water partition coefficient (Wildman–Crippen LogP) is 4.94. The van der Waals surface area contributed by atoms with Gasteiger partial charge in [-0.2, -0.15) is 13.2 Å². The molecular formula is C35H42ClF3N6O6. The van der Waals surface area contributed by atoms with Gasteiger partial charge in [0.05, 0.1) is 22.2 Å². The van der Waals surface area contributed by atoms with Crippen molar-refractivity contribution in [3.8, 4) is 0 Å². The van der Waals surface area contributed by atoms with E-state index in [0.29, 0.717) is 71.2 Å². The molecule has 4 heterocycles. The van der Waals surface area contributed by atoms with E-state index in [2.05, 4.69) is 10.2 Å². The number of carboxylic acids is 1. The smallest absolute Gasteiger partial charge is 0.418 e. The second-order valence-corrected chi connectivity index (χ2v) is 14.1. The van der Waals surface area contributed by atoms with Crippen LogP contribution in [0.25, 0.3) is 0 Å². The Morgan fingerprint density at radius 3 is 2.29 bits per heavy atom. The number of fused-ring (bicyclic) bond motifs is 1. The molecular weight excluding hydrogens is 693 g/mol. The number of nitrogens with one attached hydrogen (secondary N) is 1. The third kappa shape index (κ3) is 8.30. The van der Waals surface area contributed by atoms with Crippen LogP contribution in [0.15, 0.2) is 36.4 Å². The molecule has 2 aromatic rings. The Kier molecular flexibility index (Phi) is 10.9. The zero-order valence-electron chi connectivity index (χ0n) is 28.0. The number of urea groups is 1. The van der Waals surface area contributed by atoms with Gasteiger partial charge >= 0.3 is 24.3 Å². The first-order valence-electron chi connectivity index (χ1n) is 17.3. The molecule has 276 valence electrons. The highest BCUT2D eigenvalue weighted by Crippen LogP contribution is 2.38. The van der Waals surface area contributed by atoms with Crippen molar-refractivity contribution in [2.45, 2.75) is 69.3 Å². The Morgan fingerprint density at radius 1 is 0.961 bits per heavy atom. The van der Waals surface area contributed by atoms with Crippen LogP contribution < -0.4 is 11.1 Å². The average Bonchev–Trinajstić information content (AvgIpc) is 3.54. The molecule has 0 bridgehead atoms. The van der Waals surface area contributed by atoms with Crippen LogP contribution in [-0.4, -0.2) is 113 Å². The molecule has 0 saturated carbocycles. The van der Waals surface area contributed by atoms with Crippen molar-refractivity contribution in [2.24, 2.45) is 5.92 Å². The van der Waals surface area contributed by atoms with Gasteiger partial charge in [-0.15, -0.1) is 0 Å². The van der Waals surface area contributed by atoms with Crippen LogP contribution in [0.3, 0.4) is 0 Å². The molecule has 3 saturated heterocycles. The number of hydrogen-bond acceptors (Lipinski definition) is 7. The van der Waals surface area contributed by atoms with E-state index in [-0.39, 0.29) is 48.2 Å². The summed E-state index contributed by atoms with van der Waals surface area (Å²) in [6.45, 7) is 2.76. The minimum Gasteiger partial charge on any atom is -0.481 e. The van der Waals surface area contributed by atoms with Crippen LogP contribution in [0.2, 0.25) is 5.02 Å². The number of aliphatic carboxylic acids is 1. The predicted molar refractivity (Wildman–Crippen MR) is 182 cm³/mol. The Balaban J connectivity index is 1.12. The van der Waals surface area contributed by atoms with Crippen molar-refractivity contribution in [3.63, 3.8) is 0 Å². The quantitative estimate of drug-likeness (QED) is 0.339. The maximum absolute atomic E-state index is 14.0. The minimum absolute atomic E-state index is 0.0335. The summed E-state index contributed by atoms with van der Waals surface area (Å²) in [7, 11) is 0. The number of nitrogen functional groups attached to an aromatic ring is 1. The van der Waals surface area contributed by atoms with Crippen LogP contribution in [-0.2, 0) is 33.3 Å². The maximum atomic E-state index is 14.0. The number of carbonyl (C=O) groups is 4. The highest BCUT2D eigenvalue weighted by molar-refractivity contribution is 6.33. The van der Waals surface area contributed by atoms with Gasteiger partial charge in [0.15, 0.2) is 6.10 Å². The molecule has 4 amide bonds.